The van der Waals surface area contributed by atoms with E-state index in [0.717, 1.165) is 22.9 Å². The highest BCUT2D eigenvalue weighted by atomic mass is 32.2. The second kappa shape index (κ2) is 13.5. The van der Waals surface area contributed by atoms with E-state index in [2.05, 4.69) is 5.32 Å². The maximum Gasteiger partial charge on any atom is 0.243 e. The maximum absolute atomic E-state index is 14.0. The van der Waals surface area contributed by atoms with Crippen molar-refractivity contribution in [3.8, 4) is 11.5 Å². The number of carbonyl (C=O) groups is 2. The summed E-state index contributed by atoms with van der Waals surface area (Å²) in [5, 5.41) is 3.07. The number of carbonyl (C=O) groups excluding carboxylic acids is 2. The van der Waals surface area contributed by atoms with E-state index in [0.29, 0.717) is 23.6 Å². The Kier molecular flexibility index (Phi) is 10.0. The molecule has 0 saturated heterocycles. The van der Waals surface area contributed by atoms with E-state index in [4.69, 9.17) is 9.47 Å². The fraction of sp³-hybridized carbons (Fsp3) is 0.394. The second-order valence-electron chi connectivity index (χ2n) is 11.9. The molecule has 3 aromatic rings. The molecule has 9 nitrogen and oxygen atoms in total. The molecule has 1 atom stereocenters. The van der Waals surface area contributed by atoms with Gasteiger partial charge in [-0.05, 0) is 57.4 Å². The maximum atomic E-state index is 14.0. The van der Waals surface area contributed by atoms with Crippen molar-refractivity contribution >= 4 is 27.5 Å². The number of nitrogens with zero attached hydrogens (tertiary/aromatic N) is 2. The van der Waals surface area contributed by atoms with Gasteiger partial charge < -0.3 is 19.7 Å². The molecule has 0 aliphatic carbocycles. The van der Waals surface area contributed by atoms with Crippen LogP contribution in [-0.2, 0) is 32.6 Å². The average molecular weight is 608 g/mol. The third-order valence-corrected chi connectivity index (χ3v) is 8.20. The topological polar surface area (TPSA) is 105 Å². The van der Waals surface area contributed by atoms with E-state index < -0.39 is 21.6 Å². The number of fused-ring (bicyclic) bond motifs is 1. The van der Waals surface area contributed by atoms with Crippen LogP contribution in [0.3, 0.4) is 0 Å². The number of amides is 2. The molecule has 1 aliphatic heterocycles. The van der Waals surface area contributed by atoms with Crippen LogP contribution in [0, 0.1) is 6.92 Å². The van der Waals surface area contributed by atoms with Crippen LogP contribution in [0.1, 0.15) is 50.3 Å². The number of hydrogen-bond acceptors (Lipinski definition) is 6. The van der Waals surface area contributed by atoms with Crippen LogP contribution >= 0.6 is 0 Å². The van der Waals surface area contributed by atoms with E-state index in [1.54, 1.807) is 23.1 Å². The number of aryl methyl sites for hydroxylation is 1. The normalized spacial score (nSPS) is 13.3. The summed E-state index contributed by atoms with van der Waals surface area (Å²) in [5.74, 6) is 0.554. The Labute approximate surface area is 254 Å². The zero-order valence-electron chi connectivity index (χ0n) is 25.5. The first kappa shape index (κ1) is 31.9. The Morgan fingerprint density at radius 1 is 0.930 bits per heavy atom. The van der Waals surface area contributed by atoms with Gasteiger partial charge in [-0.2, -0.15) is 0 Å². The molecule has 0 bridgehead atoms. The molecular formula is C33H41N3O6S. The van der Waals surface area contributed by atoms with Gasteiger partial charge in [-0.15, -0.1) is 0 Å². The summed E-state index contributed by atoms with van der Waals surface area (Å²) >= 11 is 0. The van der Waals surface area contributed by atoms with E-state index in [1.165, 1.54) is 4.31 Å². The summed E-state index contributed by atoms with van der Waals surface area (Å²) in [6.07, 6.45) is 1.78. The standard InChI is InChI=1S/C33H41N3O6S/c1-24-11-9-14-26(19-24)22-35(28(32(38)34-33(2,3)4)20-25-12-7-6-8-13-25)31(37)15-10-18-36(43(5,39)40)27-16-17-29-30(21-27)42-23-41-29/h6-9,11-14,16-17,19,21,28H,10,15,18,20,22-23H2,1-5H3,(H,34,38). The Bertz CT molecular complexity index is 1540. The summed E-state index contributed by atoms with van der Waals surface area (Å²) in [5.41, 5.74) is 2.83. The van der Waals surface area contributed by atoms with Crippen LogP contribution in [0.2, 0.25) is 0 Å². The van der Waals surface area contributed by atoms with Gasteiger partial charge in [-0.1, -0.05) is 60.2 Å². The first-order valence-electron chi connectivity index (χ1n) is 14.4. The summed E-state index contributed by atoms with van der Waals surface area (Å²) < 4.78 is 37.6. The van der Waals surface area contributed by atoms with Crippen molar-refractivity contribution in [2.45, 2.75) is 65.1 Å². The van der Waals surface area contributed by atoms with Crippen molar-refractivity contribution < 1.29 is 27.5 Å². The molecule has 1 N–H and O–H groups in total. The van der Waals surface area contributed by atoms with E-state index in [9.17, 15) is 18.0 Å². The molecule has 2 amide bonds. The fourth-order valence-corrected chi connectivity index (χ4v) is 6.02. The number of ether oxygens (including phenoxy) is 2. The van der Waals surface area contributed by atoms with Crippen molar-refractivity contribution in [2.24, 2.45) is 0 Å². The van der Waals surface area contributed by atoms with Crippen LogP contribution in [0.15, 0.2) is 72.8 Å². The van der Waals surface area contributed by atoms with Crippen molar-refractivity contribution in [1.82, 2.24) is 10.2 Å². The lowest BCUT2D eigenvalue weighted by atomic mass is 10.00. The van der Waals surface area contributed by atoms with Gasteiger partial charge in [0.1, 0.15) is 6.04 Å². The first-order chi connectivity index (χ1) is 20.3. The van der Waals surface area contributed by atoms with Crippen molar-refractivity contribution in [1.29, 1.82) is 0 Å². The molecule has 10 heteroatoms. The monoisotopic (exact) mass is 607 g/mol. The number of benzene rings is 3. The minimum atomic E-state index is -3.65. The van der Waals surface area contributed by atoms with Gasteiger partial charge in [0.15, 0.2) is 11.5 Å². The number of sulfonamides is 1. The predicted molar refractivity (Wildman–Crippen MR) is 168 cm³/mol. The fourth-order valence-electron chi connectivity index (χ4n) is 5.06. The van der Waals surface area contributed by atoms with Crippen molar-refractivity contribution in [2.75, 3.05) is 23.9 Å². The first-order valence-corrected chi connectivity index (χ1v) is 16.2. The number of rotatable bonds is 12. The lowest BCUT2D eigenvalue weighted by Gasteiger charge is -2.34. The number of anilines is 1. The molecule has 0 spiro atoms. The Balaban J connectivity index is 1.59. The highest BCUT2D eigenvalue weighted by Gasteiger charge is 2.32. The van der Waals surface area contributed by atoms with E-state index in [-0.39, 0.29) is 44.5 Å². The minimum absolute atomic E-state index is 0.0521. The van der Waals surface area contributed by atoms with Gasteiger partial charge in [-0.3, -0.25) is 13.9 Å². The third kappa shape index (κ3) is 8.97. The van der Waals surface area contributed by atoms with Gasteiger partial charge in [0.25, 0.3) is 0 Å². The smallest absolute Gasteiger partial charge is 0.243 e. The van der Waals surface area contributed by atoms with Gasteiger partial charge >= 0.3 is 0 Å². The summed E-state index contributed by atoms with van der Waals surface area (Å²) in [6, 6.07) is 21.7. The number of hydrogen-bond donors (Lipinski definition) is 1. The van der Waals surface area contributed by atoms with Gasteiger partial charge in [-0.25, -0.2) is 8.42 Å². The minimum Gasteiger partial charge on any atom is -0.454 e. The Hall–Kier alpha value is -4.05. The molecule has 4 rings (SSSR count). The molecule has 0 aromatic heterocycles. The molecule has 230 valence electrons. The Morgan fingerprint density at radius 3 is 2.30 bits per heavy atom. The quantitative estimate of drug-likeness (QED) is 0.317. The van der Waals surface area contributed by atoms with Gasteiger partial charge in [0, 0.05) is 37.5 Å². The SMILES string of the molecule is Cc1cccc(CN(C(=O)CCCN(c2ccc3c(c2)OCO3)S(C)(=O)=O)C(Cc2ccccc2)C(=O)NC(C)(C)C)c1. The molecule has 1 unspecified atom stereocenters. The summed E-state index contributed by atoms with van der Waals surface area (Å²) in [6.45, 7) is 8.12. The average Bonchev–Trinajstić information content (AvgIpc) is 3.40. The highest BCUT2D eigenvalue weighted by Crippen LogP contribution is 2.36. The molecule has 1 aliphatic rings. The lowest BCUT2D eigenvalue weighted by molar-refractivity contribution is -0.142. The predicted octanol–water partition coefficient (Wildman–Crippen LogP) is 4.82. The van der Waals surface area contributed by atoms with Gasteiger partial charge in [0.2, 0.25) is 28.6 Å². The largest absolute Gasteiger partial charge is 0.454 e. The van der Waals surface area contributed by atoms with Gasteiger partial charge in [0.05, 0.1) is 11.9 Å². The van der Waals surface area contributed by atoms with E-state index in [1.807, 2.05) is 82.3 Å². The molecule has 0 radical (unpaired) electrons. The van der Waals surface area contributed by atoms with Crippen molar-refractivity contribution in [3.63, 3.8) is 0 Å². The molecule has 0 saturated carbocycles. The van der Waals surface area contributed by atoms with E-state index >= 15 is 0 Å². The summed E-state index contributed by atoms with van der Waals surface area (Å²) in [7, 11) is -3.65. The number of nitrogens with one attached hydrogen (secondary N) is 1. The van der Waals surface area contributed by atoms with Crippen LogP contribution in [0.25, 0.3) is 0 Å². The van der Waals surface area contributed by atoms with Crippen LogP contribution < -0.4 is 19.1 Å². The Morgan fingerprint density at radius 2 is 1.63 bits per heavy atom. The highest BCUT2D eigenvalue weighted by molar-refractivity contribution is 7.92. The van der Waals surface area contributed by atoms with Crippen molar-refractivity contribution in [3.05, 3.63) is 89.5 Å². The zero-order chi connectivity index (χ0) is 31.2. The zero-order valence-corrected chi connectivity index (χ0v) is 26.3. The summed E-state index contributed by atoms with van der Waals surface area (Å²) in [4.78, 5) is 29.4. The van der Waals surface area contributed by atoms with Crippen LogP contribution in [0.4, 0.5) is 5.69 Å². The van der Waals surface area contributed by atoms with Crippen LogP contribution in [0.5, 0.6) is 11.5 Å². The molecule has 1 heterocycles. The second-order valence-corrected chi connectivity index (χ2v) is 13.8. The van der Waals surface area contributed by atoms with Crippen LogP contribution in [-0.4, -0.2) is 56.3 Å². The molecule has 0 fully saturated rings. The lowest BCUT2D eigenvalue weighted by Crippen LogP contribution is -2.54. The molecular weight excluding hydrogens is 566 g/mol. The molecule has 43 heavy (non-hydrogen) atoms. The molecule has 3 aromatic carbocycles. The third-order valence-electron chi connectivity index (χ3n) is 7.00.